The molecule has 128 valence electrons. The number of halogens is 1. The summed E-state index contributed by atoms with van der Waals surface area (Å²) in [4.78, 5) is 20.9. The second-order valence-electron chi connectivity index (χ2n) is 5.49. The SMILES string of the molecule is CCn1c(-c2ccc(Cl)cc2)nc(N(N)Cc2ccccc2)nc1=O. The molecule has 1 aromatic heterocycles. The van der Waals surface area contributed by atoms with Gasteiger partial charge >= 0.3 is 5.69 Å². The van der Waals surface area contributed by atoms with Gasteiger partial charge in [0.2, 0.25) is 5.95 Å². The van der Waals surface area contributed by atoms with Crippen molar-refractivity contribution in [2.24, 2.45) is 5.84 Å². The molecule has 7 heteroatoms. The molecular weight excluding hydrogens is 338 g/mol. The van der Waals surface area contributed by atoms with E-state index >= 15 is 0 Å². The quantitative estimate of drug-likeness (QED) is 0.562. The molecule has 0 radical (unpaired) electrons. The average Bonchev–Trinajstić information content (AvgIpc) is 2.62. The minimum atomic E-state index is -0.388. The lowest BCUT2D eigenvalue weighted by Gasteiger charge is -2.18. The van der Waals surface area contributed by atoms with Gasteiger partial charge < -0.3 is 0 Å². The highest BCUT2D eigenvalue weighted by molar-refractivity contribution is 6.30. The lowest BCUT2D eigenvalue weighted by molar-refractivity contribution is 0.671. The first-order chi connectivity index (χ1) is 12.1. The van der Waals surface area contributed by atoms with E-state index in [4.69, 9.17) is 17.4 Å². The van der Waals surface area contributed by atoms with Crippen molar-refractivity contribution in [2.75, 3.05) is 5.01 Å². The Bertz CT molecular complexity index is 909. The summed E-state index contributed by atoms with van der Waals surface area (Å²) >= 11 is 5.95. The number of nitrogens with zero attached hydrogens (tertiary/aromatic N) is 4. The Morgan fingerprint density at radius 1 is 1.08 bits per heavy atom. The van der Waals surface area contributed by atoms with E-state index in [9.17, 15) is 4.79 Å². The first kappa shape index (κ1) is 17.1. The van der Waals surface area contributed by atoms with Gasteiger partial charge in [0, 0.05) is 17.1 Å². The predicted molar refractivity (Wildman–Crippen MR) is 99.2 cm³/mol. The maximum Gasteiger partial charge on any atom is 0.352 e. The first-order valence-corrected chi connectivity index (χ1v) is 8.27. The average molecular weight is 356 g/mol. The van der Waals surface area contributed by atoms with Crippen LogP contribution >= 0.6 is 11.6 Å². The van der Waals surface area contributed by atoms with E-state index in [0.29, 0.717) is 23.9 Å². The Balaban J connectivity index is 2.01. The highest BCUT2D eigenvalue weighted by Crippen LogP contribution is 2.20. The van der Waals surface area contributed by atoms with Gasteiger partial charge in [0.15, 0.2) is 0 Å². The topological polar surface area (TPSA) is 77.0 Å². The lowest BCUT2D eigenvalue weighted by atomic mass is 10.2. The molecule has 25 heavy (non-hydrogen) atoms. The minimum absolute atomic E-state index is 0.184. The Morgan fingerprint density at radius 3 is 2.40 bits per heavy atom. The second kappa shape index (κ2) is 7.46. The van der Waals surface area contributed by atoms with Crippen LogP contribution in [0.15, 0.2) is 59.4 Å². The van der Waals surface area contributed by atoms with Gasteiger partial charge in [-0.1, -0.05) is 41.9 Å². The van der Waals surface area contributed by atoms with Crippen LogP contribution < -0.4 is 16.5 Å². The van der Waals surface area contributed by atoms with Gasteiger partial charge in [-0.3, -0.25) is 9.58 Å². The third kappa shape index (κ3) is 3.87. The van der Waals surface area contributed by atoms with E-state index < -0.39 is 0 Å². The first-order valence-electron chi connectivity index (χ1n) is 7.89. The van der Waals surface area contributed by atoms with Gasteiger partial charge in [-0.25, -0.2) is 10.6 Å². The van der Waals surface area contributed by atoms with Crippen molar-refractivity contribution in [2.45, 2.75) is 20.0 Å². The molecule has 2 aromatic carbocycles. The van der Waals surface area contributed by atoms with E-state index in [1.165, 1.54) is 9.58 Å². The number of benzene rings is 2. The summed E-state index contributed by atoms with van der Waals surface area (Å²) in [5.74, 6) is 6.79. The van der Waals surface area contributed by atoms with Crippen LogP contribution in [-0.2, 0) is 13.1 Å². The van der Waals surface area contributed by atoms with E-state index in [1.54, 1.807) is 12.1 Å². The van der Waals surface area contributed by atoms with Crippen molar-refractivity contribution in [3.05, 3.63) is 75.7 Å². The van der Waals surface area contributed by atoms with Gasteiger partial charge in [0.25, 0.3) is 0 Å². The highest BCUT2D eigenvalue weighted by atomic mass is 35.5. The molecule has 0 saturated heterocycles. The fourth-order valence-electron chi connectivity index (χ4n) is 2.50. The van der Waals surface area contributed by atoms with E-state index in [0.717, 1.165) is 11.1 Å². The van der Waals surface area contributed by atoms with Crippen molar-refractivity contribution in [3.63, 3.8) is 0 Å². The summed E-state index contributed by atoms with van der Waals surface area (Å²) in [7, 11) is 0. The monoisotopic (exact) mass is 355 g/mol. The van der Waals surface area contributed by atoms with Gasteiger partial charge in [0.1, 0.15) is 5.82 Å². The second-order valence-corrected chi connectivity index (χ2v) is 5.93. The highest BCUT2D eigenvalue weighted by Gasteiger charge is 2.14. The van der Waals surface area contributed by atoms with Gasteiger partial charge in [0.05, 0.1) is 6.54 Å². The molecule has 0 unspecified atom stereocenters. The number of hydrogen-bond acceptors (Lipinski definition) is 5. The molecule has 3 aromatic rings. The standard InChI is InChI=1S/C18H18ClN5O/c1-2-23-16(14-8-10-15(19)11-9-14)21-17(22-18(23)25)24(20)12-13-6-4-3-5-7-13/h3-11H,2,12,20H2,1H3. The number of aromatic nitrogens is 3. The summed E-state index contributed by atoms with van der Waals surface area (Å²) in [5.41, 5.74) is 1.39. The zero-order valence-electron chi connectivity index (χ0n) is 13.8. The molecule has 6 nitrogen and oxygen atoms in total. The smallest absolute Gasteiger partial charge is 0.276 e. The largest absolute Gasteiger partial charge is 0.352 e. The van der Waals surface area contributed by atoms with Gasteiger partial charge in [-0.05, 0) is 36.8 Å². The van der Waals surface area contributed by atoms with Crippen molar-refractivity contribution in [1.82, 2.24) is 14.5 Å². The van der Waals surface area contributed by atoms with Crippen LogP contribution in [0.3, 0.4) is 0 Å². The minimum Gasteiger partial charge on any atom is -0.276 e. The Kier molecular flexibility index (Phi) is 5.11. The van der Waals surface area contributed by atoms with Gasteiger partial charge in [-0.2, -0.15) is 9.97 Å². The zero-order valence-corrected chi connectivity index (χ0v) is 14.5. The summed E-state index contributed by atoms with van der Waals surface area (Å²) < 4.78 is 1.50. The molecule has 0 amide bonds. The van der Waals surface area contributed by atoms with Crippen LogP contribution in [0.25, 0.3) is 11.4 Å². The molecule has 0 aliphatic rings. The van der Waals surface area contributed by atoms with Crippen LogP contribution in [0.4, 0.5) is 5.95 Å². The summed E-state index contributed by atoms with van der Waals surface area (Å²) in [6.07, 6.45) is 0. The fourth-order valence-corrected chi connectivity index (χ4v) is 2.63. The van der Waals surface area contributed by atoms with Crippen molar-refractivity contribution < 1.29 is 0 Å². The third-order valence-corrected chi connectivity index (χ3v) is 4.01. The molecule has 0 fully saturated rings. The number of hydrazine groups is 1. The molecule has 2 N–H and O–H groups in total. The molecular formula is C18H18ClN5O. The molecule has 1 heterocycles. The number of nitrogens with two attached hydrogens (primary N) is 1. The summed E-state index contributed by atoms with van der Waals surface area (Å²) in [6.45, 7) is 2.73. The predicted octanol–water partition coefficient (Wildman–Crippen LogP) is 2.86. The van der Waals surface area contributed by atoms with Crippen LogP contribution in [0.5, 0.6) is 0 Å². The van der Waals surface area contributed by atoms with E-state index in [1.807, 2.05) is 49.4 Å². The maximum absolute atomic E-state index is 12.4. The summed E-state index contributed by atoms with van der Waals surface area (Å²) in [5, 5.41) is 1.99. The van der Waals surface area contributed by atoms with Crippen LogP contribution in [0.2, 0.25) is 5.02 Å². The molecule has 0 spiro atoms. The molecule has 0 atom stereocenters. The number of anilines is 1. The number of rotatable bonds is 5. The zero-order chi connectivity index (χ0) is 17.8. The fraction of sp³-hybridized carbons (Fsp3) is 0.167. The number of hydrogen-bond donors (Lipinski definition) is 1. The van der Waals surface area contributed by atoms with E-state index in [-0.39, 0.29) is 11.6 Å². The van der Waals surface area contributed by atoms with Crippen LogP contribution in [0, 0.1) is 0 Å². The summed E-state index contributed by atoms with van der Waals surface area (Å²) in [6, 6.07) is 16.8. The van der Waals surface area contributed by atoms with Crippen LogP contribution in [0.1, 0.15) is 12.5 Å². The Morgan fingerprint density at radius 2 is 1.76 bits per heavy atom. The third-order valence-electron chi connectivity index (χ3n) is 3.76. The Labute approximate surface area is 150 Å². The normalized spacial score (nSPS) is 10.7. The molecule has 0 bridgehead atoms. The van der Waals surface area contributed by atoms with Gasteiger partial charge in [-0.15, -0.1) is 0 Å². The maximum atomic E-state index is 12.4. The van der Waals surface area contributed by atoms with Crippen molar-refractivity contribution in [1.29, 1.82) is 0 Å². The molecule has 0 saturated carbocycles. The lowest BCUT2D eigenvalue weighted by Crippen LogP contribution is -2.36. The Hall–Kier alpha value is -2.70. The molecule has 3 rings (SSSR count). The van der Waals surface area contributed by atoms with Crippen molar-refractivity contribution in [3.8, 4) is 11.4 Å². The van der Waals surface area contributed by atoms with Crippen LogP contribution in [-0.4, -0.2) is 14.5 Å². The van der Waals surface area contributed by atoms with Crippen molar-refractivity contribution >= 4 is 17.5 Å². The molecule has 0 aliphatic carbocycles. The van der Waals surface area contributed by atoms with E-state index in [2.05, 4.69) is 9.97 Å². The molecule has 0 aliphatic heterocycles.